The molecule has 6 nitrogen and oxygen atoms in total. The van der Waals surface area contributed by atoms with Crippen LogP contribution in [0.25, 0.3) is 10.4 Å². The van der Waals surface area contributed by atoms with Crippen LogP contribution in [0.2, 0.25) is 0 Å². The molecule has 26 heavy (non-hydrogen) atoms. The lowest BCUT2D eigenvalue weighted by molar-refractivity contribution is -0.117. The van der Waals surface area contributed by atoms with Gasteiger partial charge in [-0.25, -0.2) is 4.79 Å². The van der Waals surface area contributed by atoms with Crippen molar-refractivity contribution >= 4 is 39.6 Å². The fraction of sp³-hybridized carbons (Fsp3) is 0.444. The quantitative estimate of drug-likeness (QED) is 0.736. The highest BCUT2D eigenvalue weighted by Crippen LogP contribution is 2.38. The van der Waals surface area contributed by atoms with Gasteiger partial charge in [0.15, 0.2) is 0 Å². The van der Waals surface area contributed by atoms with Gasteiger partial charge in [0.2, 0.25) is 5.91 Å². The fourth-order valence-electron chi connectivity index (χ4n) is 3.01. The van der Waals surface area contributed by atoms with E-state index in [1.165, 1.54) is 22.7 Å². The van der Waals surface area contributed by atoms with E-state index in [1.807, 2.05) is 27.8 Å². The van der Waals surface area contributed by atoms with Crippen LogP contribution in [0.4, 0.5) is 5.00 Å². The molecule has 3 rings (SSSR count). The number of likely N-dealkylation sites (tertiary alicyclic amines) is 1. The second-order valence-corrected chi connectivity index (χ2v) is 7.96. The van der Waals surface area contributed by atoms with Crippen LogP contribution in [0, 0.1) is 0 Å². The number of carbonyl (C=O) groups is 2. The first-order chi connectivity index (χ1) is 12.6. The largest absolute Gasteiger partial charge is 0.462 e. The number of hydrogen-bond acceptors (Lipinski definition) is 7. The predicted octanol–water partition coefficient (Wildman–Crippen LogP) is 3.05. The lowest BCUT2D eigenvalue weighted by atomic mass is 10.1. The van der Waals surface area contributed by atoms with Gasteiger partial charge in [0, 0.05) is 22.4 Å². The molecule has 0 aliphatic carbocycles. The summed E-state index contributed by atoms with van der Waals surface area (Å²) >= 11 is 2.86. The minimum atomic E-state index is -0.430. The number of ether oxygens (including phenoxy) is 1. The predicted molar refractivity (Wildman–Crippen MR) is 104 cm³/mol. The van der Waals surface area contributed by atoms with Gasteiger partial charge in [-0.15, -0.1) is 22.7 Å². The van der Waals surface area contributed by atoms with Gasteiger partial charge < -0.3 is 15.2 Å². The van der Waals surface area contributed by atoms with E-state index in [2.05, 4.69) is 5.32 Å². The van der Waals surface area contributed by atoms with E-state index in [9.17, 15) is 14.7 Å². The molecule has 1 saturated heterocycles. The maximum atomic E-state index is 12.5. The van der Waals surface area contributed by atoms with Crippen LogP contribution < -0.4 is 5.32 Å². The lowest BCUT2D eigenvalue weighted by Crippen LogP contribution is -2.42. The SMILES string of the molecule is CCOC(=O)c1c(-c2cccs2)csc1NC(=O)CN1CCCC(O)C1. The number of rotatable bonds is 6. The number of thiophene rings is 2. The second kappa shape index (κ2) is 8.77. The number of amides is 1. The molecule has 2 aromatic heterocycles. The molecule has 8 heteroatoms. The zero-order valence-electron chi connectivity index (χ0n) is 14.6. The molecule has 2 N–H and O–H groups in total. The van der Waals surface area contributed by atoms with E-state index >= 15 is 0 Å². The van der Waals surface area contributed by atoms with Crippen LogP contribution in [0.5, 0.6) is 0 Å². The maximum Gasteiger partial charge on any atom is 0.341 e. The summed E-state index contributed by atoms with van der Waals surface area (Å²) in [5.41, 5.74) is 1.19. The maximum absolute atomic E-state index is 12.5. The summed E-state index contributed by atoms with van der Waals surface area (Å²) in [7, 11) is 0. The van der Waals surface area contributed by atoms with E-state index in [0.29, 0.717) is 17.1 Å². The first-order valence-corrected chi connectivity index (χ1v) is 10.4. The van der Waals surface area contributed by atoms with E-state index in [1.54, 1.807) is 6.92 Å². The van der Waals surface area contributed by atoms with Crippen LogP contribution in [0.1, 0.15) is 30.1 Å². The van der Waals surface area contributed by atoms with E-state index < -0.39 is 5.97 Å². The van der Waals surface area contributed by atoms with Crippen LogP contribution >= 0.6 is 22.7 Å². The Morgan fingerprint density at radius 1 is 1.42 bits per heavy atom. The minimum absolute atomic E-state index is 0.191. The van der Waals surface area contributed by atoms with Crippen molar-refractivity contribution in [2.75, 3.05) is 31.6 Å². The molecule has 0 spiro atoms. The number of hydrogen-bond donors (Lipinski definition) is 2. The van der Waals surface area contributed by atoms with Gasteiger partial charge in [0.25, 0.3) is 0 Å². The number of carbonyl (C=O) groups excluding carboxylic acids is 2. The first-order valence-electron chi connectivity index (χ1n) is 8.61. The third-order valence-corrected chi connectivity index (χ3v) is 5.96. The molecule has 0 radical (unpaired) electrons. The van der Waals surface area contributed by atoms with E-state index in [-0.39, 0.29) is 25.2 Å². The zero-order valence-corrected chi connectivity index (χ0v) is 16.2. The summed E-state index contributed by atoms with van der Waals surface area (Å²) in [6.07, 6.45) is 1.28. The van der Waals surface area contributed by atoms with E-state index in [4.69, 9.17) is 4.74 Å². The Balaban J connectivity index is 1.76. The average molecular weight is 395 g/mol. The van der Waals surface area contributed by atoms with Gasteiger partial charge in [0.05, 0.1) is 19.3 Å². The molecule has 1 aliphatic rings. The monoisotopic (exact) mass is 394 g/mol. The van der Waals surface area contributed by atoms with Crippen molar-refractivity contribution in [2.24, 2.45) is 0 Å². The number of piperidine rings is 1. The summed E-state index contributed by atoms with van der Waals surface area (Å²) in [4.78, 5) is 27.8. The number of β-amino-alcohol motifs (C(OH)–C–C–N with tert-alkyl or cyclic N) is 1. The number of esters is 1. The van der Waals surface area contributed by atoms with Crippen molar-refractivity contribution in [3.8, 4) is 10.4 Å². The number of aliphatic hydroxyl groups excluding tert-OH is 1. The Kier molecular flexibility index (Phi) is 6.42. The third-order valence-electron chi connectivity index (χ3n) is 4.16. The number of anilines is 1. The Hall–Kier alpha value is -1.74. The molecule has 1 amide bonds. The summed E-state index contributed by atoms with van der Waals surface area (Å²) in [6.45, 7) is 3.53. The van der Waals surface area contributed by atoms with Gasteiger partial charge >= 0.3 is 5.97 Å². The average Bonchev–Trinajstić information content (AvgIpc) is 3.24. The summed E-state index contributed by atoms with van der Waals surface area (Å²) < 4.78 is 5.19. The number of nitrogens with one attached hydrogen (secondary N) is 1. The van der Waals surface area contributed by atoms with Gasteiger partial charge in [0.1, 0.15) is 10.6 Å². The minimum Gasteiger partial charge on any atom is -0.462 e. The number of nitrogens with zero attached hydrogens (tertiary/aromatic N) is 1. The Morgan fingerprint density at radius 2 is 2.27 bits per heavy atom. The Morgan fingerprint density at radius 3 is 2.96 bits per heavy atom. The molecule has 0 bridgehead atoms. The molecule has 1 aliphatic heterocycles. The smallest absolute Gasteiger partial charge is 0.341 e. The molecular weight excluding hydrogens is 372 g/mol. The Labute approximate surface area is 160 Å². The highest BCUT2D eigenvalue weighted by atomic mass is 32.1. The molecule has 3 heterocycles. The van der Waals surface area contributed by atoms with Crippen molar-refractivity contribution < 1.29 is 19.4 Å². The van der Waals surface area contributed by atoms with Gasteiger partial charge in [-0.3, -0.25) is 9.69 Å². The van der Waals surface area contributed by atoms with Crippen molar-refractivity contribution in [2.45, 2.75) is 25.9 Å². The number of aliphatic hydroxyl groups is 1. The standard InChI is InChI=1S/C18H22N2O4S2/c1-2-24-18(23)16-13(14-6-4-8-25-14)11-26-17(16)19-15(22)10-20-7-3-5-12(21)9-20/h4,6,8,11-12,21H,2-3,5,7,9-10H2,1H3,(H,19,22). The molecule has 0 saturated carbocycles. The summed E-state index contributed by atoms with van der Waals surface area (Å²) in [5.74, 6) is -0.620. The molecule has 2 aromatic rings. The van der Waals surface area contributed by atoms with E-state index in [0.717, 1.165) is 29.8 Å². The topological polar surface area (TPSA) is 78.9 Å². The van der Waals surface area contributed by atoms with Gasteiger partial charge in [-0.05, 0) is 37.8 Å². The zero-order chi connectivity index (χ0) is 18.5. The van der Waals surface area contributed by atoms with Gasteiger partial charge in [-0.2, -0.15) is 0 Å². The van der Waals surface area contributed by atoms with Crippen LogP contribution in [0.15, 0.2) is 22.9 Å². The van der Waals surface area contributed by atoms with Crippen molar-refractivity contribution in [1.29, 1.82) is 0 Å². The first kappa shape index (κ1) is 19.0. The highest BCUT2D eigenvalue weighted by molar-refractivity contribution is 7.17. The molecule has 140 valence electrons. The normalized spacial score (nSPS) is 17.8. The third kappa shape index (κ3) is 4.50. The molecule has 0 aromatic carbocycles. The van der Waals surface area contributed by atoms with Crippen LogP contribution in [-0.4, -0.2) is 54.2 Å². The van der Waals surface area contributed by atoms with Gasteiger partial charge in [-0.1, -0.05) is 6.07 Å². The highest BCUT2D eigenvalue weighted by Gasteiger charge is 2.25. The molecule has 1 atom stereocenters. The lowest BCUT2D eigenvalue weighted by Gasteiger charge is -2.29. The second-order valence-electron chi connectivity index (χ2n) is 6.13. The summed E-state index contributed by atoms with van der Waals surface area (Å²) in [5, 5.41) is 16.9. The van der Waals surface area contributed by atoms with Crippen molar-refractivity contribution in [3.05, 3.63) is 28.5 Å². The molecule has 1 unspecified atom stereocenters. The Bertz CT molecular complexity index is 757. The van der Waals surface area contributed by atoms with Crippen molar-refractivity contribution in [3.63, 3.8) is 0 Å². The molecular formula is C18H22N2O4S2. The van der Waals surface area contributed by atoms with Crippen molar-refractivity contribution in [1.82, 2.24) is 4.90 Å². The molecule has 1 fully saturated rings. The van der Waals surface area contributed by atoms with Crippen LogP contribution in [0.3, 0.4) is 0 Å². The van der Waals surface area contributed by atoms with Crippen LogP contribution in [-0.2, 0) is 9.53 Å². The summed E-state index contributed by atoms with van der Waals surface area (Å²) in [6, 6.07) is 3.86. The fourth-order valence-corrected chi connectivity index (χ4v) is 4.80.